The SMILES string of the molecule is CCN1CCO[C@@H](CNC[C@@H](O)c2ccc(Br)cc2)C1. The number of ether oxygens (including phenoxy) is 1. The number of aliphatic hydroxyl groups is 1. The van der Waals surface area contributed by atoms with Crippen LogP contribution < -0.4 is 5.32 Å². The van der Waals surface area contributed by atoms with E-state index in [0.29, 0.717) is 6.54 Å². The molecule has 20 heavy (non-hydrogen) atoms. The lowest BCUT2D eigenvalue weighted by molar-refractivity contribution is -0.0262. The zero-order valence-corrected chi connectivity index (χ0v) is 13.5. The van der Waals surface area contributed by atoms with E-state index in [-0.39, 0.29) is 6.10 Å². The van der Waals surface area contributed by atoms with Crippen LogP contribution in [0.15, 0.2) is 28.7 Å². The summed E-state index contributed by atoms with van der Waals surface area (Å²) in [7, 11) is 0. The predicted octanol–water partition coefficient (Wildman–Crippen LogP) is 1.79. The summed E-state index contributed by atoms with van der Waals surface area (Å²) < 4.78 is 6.75. The Balaban J connectivity index is 1.71. The first-order valence-electron chi connectivity index (χ1n) is 7.17. The number of aliphatic hydroxyl groups excluding tert-OH is 1. The molecule has 4 nitrogen and oxygen atoms in total. The fraction of sp³-hybridized carbons (Fsp3) is 0.600. The Morgan fingerprint density at radius 3 is 2.90 bits per heavy atom. The van der Waals surface area contributed by atoms with Crippen molar-refractivity contribution in [3.8, 4) is 0 Å². The summed E-state index contributed by atoms with van der Waals surface area (Å²) in [5.74, 6) is 0. The monoisotopic (exact) mass is 342 g/mol. The molecule has 2 N–H and O–H groups in total. The van der Waals surface area contributed by atoms with Gasteiger partial charge in [-0.3, -0.25) is 4.90 Å². The van der Waals surface area contributed by atoms with Crippen LogP contribution in [0.3, 0.4) is 0 Å². The van der Waals surface area contributed by atoms with Crippen molar-refractivity contribution in [1.29, 1.82) is 0 Å². The second-order valence-electron chi connectivity index (χ2n) is 5.11. The Kier molecular flexibility index (Phi) is 6.45. The summed E-state index contributed by atoms with van der Waals surface area (Å²) >= 11 is 3.39. The van der Waals surface area contributed by atoms with Crippen molar-refractivity contribution in [3.63, 3.8) is 0 Å². The van der Waals surface area contributed by atoms with Crippen molar-refractivity contribution >= 4 is 15.9 Å². The third kappa shape index (κ3) is 4.82. The molecule has 1 aromatic carbocycles. The second kappa shape index (κ2) is 8.10. The normalized spacial score (nSPS) is 21.9. The molecule has 1 saturated heterocycles. The van der Waals surface area contributed by atoms with Gasteiger partial charge in [-0.25, -0.2) is 0 Å². The highest BCUT2D eigenvalue weighted by atomic mass is 79.9. The van der Waals surface area contributed by atoms with Crippen LogP contribution in [0.25, 0.3) is 0 Å². The minimum Gasteiger partial charge on any atom is -0.387 e. The van der Waals surface area contributed by atoms with Gasteiger partial charge < -0.3 is 15.2 Å². The minimum absolute atomic E-state index is 0.223. The number of likely N-dealkylation sites (N-methyl/N-ethyl adjacent to an activating group) is 1. The van der Waals surface area contributed by atoms with Gasteiger partial charge in [0.1, 0.15) is 0 Å². The van der Waals surface area contributed by atoms with Gasteiger partial charge in [-0.15, -0.1) is 0 Å². The molecule has 0 aliphatic carbocycles. The predicted molar refractivity (Wildman–Crippen MR) is 83.8 cm³/mol. The lowest BCUT2D eigenvalue weighted by Crippen LogP contribution is -2.46. The Morgan fingerprint density at radius 2 is 2.20 bits per heavy atom. The van der Waals surface area contributed by atoms with Gasteiger partial charge in [0.15, 0.2) is 0 Å². The minimum atomic E-state index is -0.478. The molecular weight excluding hydrogens is 320 g/mol. The first-order chi connectivity index (χ1) is 9.69. The van der Waals surface area contributed by atoms with Gasteiger partial charge in [0.05, 0.1) is 18.8 Å². The Bertz CT molecular complexity index is 399. The van der Waals surface area contributed by atoms with Crippen LogP contribution in [0.2, 0.25) is 0 Å². The average Bonchev–Trinajstić information content (AvgIpc) is 2.48. The number of hydrogen-bond donors (Lipinski definition) is 2. The van der Waals surface area contributed by atoms with Gasteiger partial charge in [-0.1, -0.05) is 35.0 Å². The molecule has 0 bridgehead atoms. The summed E-state index contributed by atoms with van der Waals surface area (Å²) in [5, 5.41) is 13.4. The molecule has 1 aliphatic heterocycles. The van der Waals surface area contributed by atoms with Crippen LogP contribution in [0.1, 0.15) is 18.6 Å². The molecule has 0 saturated carbocycles. The van der Waals surface area contributed by atoms with Gasteiger partial charge >= 0.3 is 0 Å². The molecule has 1 aromatic rings. The third-order valence-corrected chi connectivity index (χ3v) is 4.16. The fourth-order valence-corrected chi connectivity index (χ4v) is 2.64. The molecule has 2 atom stereocenters. The van der Waals surface area contributed by atoms with E-state index in [4.69, 9.17) is 4.74 Å². The Labute approximate surface area is 129 Å². The molecule has 0 radical (unpaired) electrons. The van der Waals surface area contributed by atoms with E-state index >= 15 is 0 Å². The molecule has 1 heterocycles. The van der Waals surface area contributed by atoms with E-state index in [0.717, 1.165) is 42.8 Å². The summed E-state index contributed by atoms with van der Waals surface area (Å²) in [5.41, 5.74) is 0.931. The summed E-state index contributed by atoms with van der Waals surface area (Å²) in [4.78, 5) is 2.39. The van der Waals surface area contributed by atoms with Gasteiger partial charge in [0, 0.05) is 30.7 Å². The first kappa shape index (κ1) is 15.9. The maximum absolute atomic E-state index is 10.1. The lowest BCUT2D eigenvalue weighted by atomic mass is 10.1. The number of rotatable bonds is 6. The topological polar surface area (TPSA) is 44.7 Å². The average molecular weight is 343 g/mol. The number of hydrogen-bond acceptors (Lipinski definition) is 4. The number of morpholine rings is 1. The van der Waals surface area contributed by atoms with Crippen LogP contribution in [-0.4, -0.2) is 55.4 Å². The van der Waals surface area contributed by atoms with Crippen LogP contribution >= 0.6 is 15.9 Å². The third-order valence-electron chi connectivity index (χ3n) is 3.63. The maximum atomic E-state index is 10.1. The molecule has 112 valence electrons. The lowest BCUT2D eigenvalue weighted by Gasteiger charge is -2.32. The number of benzene rings is 1. The van der Waals surface area contributed by atoms with Crippen molar-refractivity contribution in [3.05, 3.63) is 34.3 Å². The molecular formula is C15H23BrN2O2. The fourth-order valence-electron chi connectivity index (χ4n) is 2.37. The standard InChI is InChI=1S/C15H23BrN2O2/c1-2-18-7-8-20-14(11-18)9-17-10-15(19)12-3-5-13(16)6-4-12/h3-6,14-15,17,19H,2,7-11H2,1H3/t14-,15+/m0/s1. The van der Waals surface area contributed by atoms with E-state index < -0.39 is 6.10 Å². The van der Waals surface area contributed by atoms with Crippen molar-refractivity contribution in [1.82, 2.24) is 10.2 Å². The second-order valence-corrected chi connectivity index (χ2v) is 6.03. The highest BCUT2D eigenvalue weighted by Crippen LogP contribution is 2.16. The van der Waals surface area contributed by atoms with Crippen LogP contribution in [0.4, 0.5) is 0 Å². The zero-order valence-electron chi connectivity index (χ0n) is 11.9. The molecule has 5 heteroatoms. The van der Waals surface area contributed by atoms with E-state index in [1.165, 1.54) is 0 Å². The van der Waals surface area contributed by atoms with E-state index in [2.05, 4.69) is 33.1 Å². The molecule has 0 unspecified atom stereocenters. The van der Waals surface area contributed by atoms with E-state index in [1.54, 1.807) is 0 Å². The van der Waals surface area contributed by atoms with Gasteiger partial charge in [0.2, 0.25) is 0 Å². The van der Waals surface area contributed by atoms with Crippen molar-refractivity contribution in [2.24, 2.45) is 0 Å². The highest BCUT2D eigenvalue weighted by molar-refractivity contribution is 9.10. The maximum Gasteiger partial charge on any atom is 0.0914 e. The summed E-state index contributed by atoms with van der Waals surface area (Å²) in [6.07, 6.45) is -0.255. The van der Waals surface area contributed by atoms with E-state index in [9.17, 15) is 5.11 Å². The summed E-state index contributed by atoms with van der Waals surface area (Å²) in [6.45, 7) is 7.37. The number of nitrogens with zero attached hydrogens (tertiary/aromatic N) is 1. The highest BCUT2D eigenvalue weighted by Gasteiger charge is 2.19. The van der Waals surface area contributed by atoms with E-state index in [1.807, 2.05) is 24.3 Å². The van der Waals surface area contributed by atoms with Gasteiger partial charge in [-0.05, 0) is 24.2 Å². The number of nitrogens with one attached hydrogen (secondary N) is 1. The van der Waals surface area contributed by atoms with Gasteiger partial charge in [-0.2, -0.15) is 0 Å². The zero-order chi connectivity index (χ0) is 14.4. The first-order valence-corrected chi connectivity index (χ1v) is 7.96. The summed E-state index contributed by atoms with van der Waals surface area (Å²) in [6, 6.07) is 7.77. The quantitative estimate of drug-likeness (QED) is 0.827. The Hall–Kier alpha value is -0.460. The molecule has 0 amide bonds. The number of halogens is 1. The smallest absolute Gasteiger partial charge is 0.0914 e. The molecule has 1 fully saturated rings. The van der Waals surface area contributed by atoms with Gasteiger partial charge in [0.25, 0.3) is 0 Å². The molecule has 0 aromatic heterocycles. The molecule has 0 spiro atoms. The molecule has 1 aliphatic rings. The largest absolute Gasteiger partial charge is 0.387 e. The van der Waals surface area contributed by atoms with Crippen molar-refractivity contribution in [2.45, 2.75) is 19.1 Å². The van der Waals surface area contributed by atoms with Crippen LogP contribution in [0, 0.1) is 0 Å². The van der Waals surface area contributed by atoms with Crippen molar-refractivity contribution < 1.29 is 9.84 Å². The van der Waals surface area contributed by atoms with Crippen molar-refractivity contribution in [2.75, 3.05) is 39.3 Å². The van der Waals surface area contributed by atoms with Crippen LogP contribution in [0.5, 0.6) is 0 Å². The van der Waals surface area contributed by atoms with Crippen LogP contribution in [-0.2, 0) is 4.74 Å². The Morgan fingerprint density at radius 1 is 1.45 bits per heavy atom. The molecule has 2 rings (SSSR count).